The van der Waals surface area contributed by atoms with Gasteiger partial charge in [0.05, 0.1) is 12.5 Å². The number of alkyl halides is 3. The molecule has 0 radical (unpaired) electrons. The Bertz CT molecular complexity index is 1420. The van der Waals surface area contributed by atoms with Gasteiger partial charge in [-0.05, 0) is 6.07 Å². The number of nitrogens with one attached hydrogen (secondary N) is 1. The summed E-state index contributed by atoms with van der Waals surface area (Å²) in [6.45, 7) is 0.233. The van der Waals surface area contributed by atoms with Crippen molar-refractivity contribution < 1.29 is 42.0 Å². The number of aliphatic hydroxyl groups is 1. The number of hydrogen-bond acceptors (Lipinski definition) is 9. The van der Waals surface area contributed by atoms with E-state index in [-0.39, 0.29) is 31.0 Å². The van der Waals surface area contributed by atoms with E-state index < -0.39 is 47.2 Å². The standard InChI is InChI=1S/C24H19F3N4O6/c25-24(26,27)18-19(12-4-2-1-3-5-12)30-36-21(18)23-29-22(31-37-23)13-6-7-14-16(10-13)35-11-15(20(14)34)28-9-8-17(32)33/h1-7,10,15,20,28,34H,8-9,11H2,(H,32,33)/t15-,20+/m1/s1. The fourth-order valence-corrected chi connectivity index (χ4v) is 3.99. The maximum Gasteiger partial charge on any atom is 0.422 e. The molecule has 0 bridgehead atoms. The second kappa shape index (κ2) is 9.67. The molecule has 0 spiro atoms. The van der Waals surface area contributed by atoms with Crippen LogP contribution in [-0.4, -0.2) is 50.7 Å². The maximum absolute atomic E-state index is 14.0. The summed E-state index contributed by atoms with van der Waals surface area (Å²) in [5.74, 6) is -1.87. The Labute approximate surface area is 206 Å². The molecule has 1 aliphatic heterocycles. The van der Waals surface area contributed by atoms with Crippen molar-refractivity contribution in [1.29, 1.82) is 0 Å². The molecule has 5 rings (SSSR count). The number of rotatable bonds is 7. The average molecular weight is 516 g/mol. The minimum Gasteiger partial charge on any atom is -0.491 e. The summed E-state index contributed by atoms with van der Waals surface area (Å²) in [6.07, 6.45) is -5.88. The van der Waals surface area contributed by atoms with Crippen molar-refractivity contribution in [2.75, 3.05) is 13.2 Å². The molecule has 2 atom stereocenters. The lowest BCUT2D eigenvalue weighted by Gasteiger charge is -2.31. The first-order chi connectivity index (χ1) is 17.7. The van der Waals surface area contributed by atoms with Crippen molar-refractivity contribution in [2.24, 2.45) is 0 Å². The van der Waals surface area contributed by atoms with Gasteiger partial charge in [0.15, 0.2) is 0 Å². The quantitative estimate of drug-likeness (QED) is 0.330. The van der Waals surface area contributed by atoms with E-state index >= 15 is 0 Å². The summed E-state index contributed by atoms with van der Waals surface area (Å²) in [5.41, 5.74) is -0.494. The number of nitrogens with zero attached hydrogens (tertiary/aromatic N) is 3. The monoisotopic (exact) mass is 516 g/mol. The molecule has 2 aromatic heterocycles. The number of aliphatic hydroxyl groups excluding tert-OH is 1. The molecule has 0 saturated carbocycles. The summed E-state index contributed by atoms with van der Waals surface area (Å²) < 4.78 is 57.7. The van der Waals surface area contributed by atoms with Crippen molar-refractivity contribution >= 4 is 5.97 Å². The van der Waals surface area contributed by atoms with Gasteiger partial charge in [-0.15, -0.1) is 0 Å². The van der Waals surface area contributed by atoms with Crippen LogP contribution >= 0.6 is 0 Å². The van der Waals surface area contributed by atoms with Crippen LogP contribution in [0.2, 0.25) is 0 Å². The normalized spacial score (nSPS) is 17.3. The average Bonchev–Trinajstić information content (AvgIpc) is 3.53. The molecule has 0 amide bonds. The van der Waals surface area contributed by atoms with Crippen LogP contribution in [0.4, 0.5) is 13.2 Å². The molecule has 1 aliphatic rings. The third kappa shape index (κ3) is 4.90. The molecule has 4 aromatic rings. The Morgan fingerprint density at radius 3 is 2.59 bits per heavy atom. The van der Waals surface area contributed by atoms with Gasteiger partial charge in [0.1, 0.15) is 29.7 Å². The highest BCUT2D eigenvalue weighted by atomic mass is 19.4. The van der Waals surface area contributed by atoms with Crippen LogP contribution in [0.5, 0.6) is 5.75 Å². The third-order valence-corrected chi connectivity index (χ3v) is 5.78. The van der Waals surface area contributed by atoms with Crippen LogP contribution in [0.1, 0.15) is 23.7 Å². The smallest absolute Gasteiger partial charge is 0.422 e. The van der Waals surface area contributed by atoms with Crippen LogP contribution in [0.15, 0.2) is 57.6 Å². The second-order valence-corrected chi connectivity index (χ2v) is 8.24. The highest BCUT2D eigenvalue weighted by Gasteiger charge is 2.43. The largest absolute Gasteiger partial charge is 0.491 e. The molecule has 13 heteroatoms. The fraction of sp³-hybridized carbons (Fsp3) is 0.250. The topological polar surface area (TPSA) is 144 Å². The van der Waals surface area contributed by atoms with Crippen LogP contribution in [-0.2, 0) is 11.0 Å². The number of halogens is 3. The zero-order valence-electron chi connectivity index (χ0n) is 18.9. The van der Waals surface area contributed by atoms with E-state index in [9.17, 15) is 23.1 Å². The van der Waals surface area contributed by atoms with Gasteiger partial charge >= 0.3 is 12.1 Å². The molecule has 10 nitrogen and oxygen atoms in total. The van der Waals surface area contributed by atoms with Gasteiger partial charge in [0.2, 0.25) is 11.6 Å². The molecule has 2 aromatic carbocycles. The van der Waals surface area contributed by atoms with Gasteiger partial charge < -0.3 is 29.3 Å². The predicted molar refractivity (Wildman–Crippen MR) is 120 cm³/mol. The van der Waals surface area contributed by atoms with Gasteiger partial charge in [-0.25, -0.2) is 0 Å². The number of carboxylic acid groups (broad SMARTS) is 1. The third-order valence-electron chi connectivity index (χ3n) is 5.78. The van der Waals surface area contributed by atoms with Gasteiger partial charge in [0, 0.05) is 23.2 Å². The number of carboxylic acids is 1. The first-order valence-corrected chi connectivity index (χ1v) is 11.1. The molecule has 0 fully saturated rings. The summed E-state index contributed by atoms with van der Waals surface area (Å²) in [6, 6.07) is 11.9. The lowest BCUT2D eigenvalue weighted by atomic mass is 9.97. The minimum atomic E-state index is -4.81. The van der Waals surface area contributed by atoms with Crippen LogP contribution in [0, 0.1) is 0 Å². The van der Waals surface area contributed by atoms with E-state index in [1.807, 2.05) is 0 Å². The Morgan fingerprint density at radius 1 is 1.08 bits per heavy atom. The van der Waals surface area contributed by atoms with Crippen molar-refractivity contribution in [3.63, 3.8) is 0 Å². The van der Waals surface area contributed by atoms with E-state index in [4.69, 9.17) is 18.9 Å². The molecular weight excluding hydrogens is 497 g/mol. The molecule has 37 heavy (non-hydrogen) atoms. The number of ether oxygens (including phenoxy) is 1. The van der Waals surface area contributed by atoms with Gasteiger partial charge in [-0.1, -0.05) is 52.8 Å². The zero-order chi connectivity index (χ0) is 26.2. The lowest BCUT2D eigenvalue weighted by Crippen LogP contribution is -2.43. The van der Waals surface area contributed by atoms with E-state index in [0.29, 0.717) is 16.9 Å². The summed E-state index contributed by atoms with van der Waals surface area (Å²) >= 11 is 0. The number of aromatic nitrogens is 3. The van der Waals surface area contributed by atoms with Crippen LogP contribution in [0.25, 0.3) is 34.3 Å². The summed E-state index contributed by atoms with van der Waals surface area (Å²) in [7, 11) is 0. The molecule has 0 unspecified atom stereocenters. The SMILES string of the molecule is O=C(O)CCN[C@@H]1COc2cc(-c3noc(-c4onc(-c5ccccc5)c4C(F)(F)F)n3)ccc2[C@@H]1O. The number of carbonyl (C=O) groups is 1. The van der Waals surface area contributed by atoms with E-state index in [1.54, 1.807) is 30.3 Å². The summed E-state index contributed by atoms with van der Waals surface area (Å²) in [4.78, 5) is 14.8. The Kier molecular flexibility index (Phi) is 6.39. The zero-order valence-corrected chi connectivity index (χ0v) is 18.9. The highest BCUT2D eigenvalue weighted by Crippen LogP contribution is 2.43. The Hall–Kier alpha value is -4.23. The molecule has 0 saturated heterocycles. The van der Waals surface area contributed by atoms with E-state index in [0.717, 1.165) is 0 Å². The molecule has 192 valence electrons. The predicted octanol–water partition coefficient (Wildman–Crippen LogP) is 3.94. The van der Waals surface area contributed by atoms with Crippen molar-refractivity contribution in [3.05, 3.63) is 59.7 Å². The van der Waals surface area contributed by atoms with Gasteiger partial charge in [0.25, 0.3) is 5.89 Å². The van der Waals surface area contributed by atoms with E-state index in [2.05, 4.69) is 20.6 Å². The van der Waals surface area contributed by atoms with Crippen LogP contribution in [0.3, 0.4) is 0 Å². The van der Waals surface area contributed by atoms with Crippen molar-refractivity contribution in [1.82, 2.24) is 20.6 Å². The number of aliphatic carboxylic acids is 1. The summed E-state index contributed by atoms with van der Waals surface area (Å²) in [5, 5.41) is 29.7. The number of hydrogen-bond donors (Lipinski definition) is 3. The van der Waals surface area contributed by atoms with Crippen molar-refractivity contribution in [3.8, 4) is 40.0 Å². The fourth-order valence-electron chi connectivity index (χ4n) is 3.99. The molecule has 3 N–H and O–H groups in total. The first-order valence-electron chi connectivity index (χ1n) is 11.1. The highest BCUT2D eigenvalue weighted by molar-refractivity contribution is 5.71. The van der Waals surface area contributed by atoms with E-state index in [1.165, 1.54) is 18.2 Å². The molecule has 3 heterocycles. The van der Waals surface area contributed by atoms with Crippen molar-refractivity contribution in [2.45, 2.75) is 24.7 Å². The minimum absolute atomic E-state index is 0.0246. The second-order valence-electron chi connectivity index (χ2n) is 8.24. The maximum atomic E-state index is 14.0. The van der Waals surface area contributed by atoms with Crippen LogP contribution < -0.4 is 10.1 Å². The van der Waals surface area contributed by atoms with Gasteiger partial charge in [-0.2, -0.15) is 18.2 Å². The first kappa shape index (κ1) is 24.5. The number of benzene rings is 2. The molecular formula is C24H19F3N4O6. The Balaban J connectivity index is 1.41. The van der Waals surface area contributed by atoms with Gasteiger partial charge in [-0.3, -0.25) is 4.79 Å². The number of fused-ring (bicyclic) bond motifs is 1. The lowest BCUT2D eigenvalue weighted by molar-refractivity contribution is -0.137. The Morgan fingerprint density at radius 2 is 1.86 bits per heavy atom. The molecule has 0 aliphatic carbocycles.